The van der Waals surface area contributed by atoms with Gasteiger partial charge in [-0.15, -0.1) is 0 Å². The van der Waals surface area contributed by atoms with Crippen LogP contribution in [-0.4, -0.2) is 33.9 Å². The fourth-order valence-corrected chi connectivity index (χ4v) is 4.26. The fraction of sp³-hybridized carbons (Fsp3) is 0.222. The molecule has 4 amide bonds. The van der Waals surface area contributed by atoms with Crippen molar-refractivity contribution in [2.75, 3.05) is 11.9 Å². The van der Waals surface area contributed by atoms with Gasteiger partial charge in [0.05, 0.1) is 0 Å². The van der Waals surface area contributed by atoms with Crippen LogP contribution in [0.15, 0.2) is 54.2 Å². The average molecular weight is 457 g/mol. The Morgan fingerprint density at radius 3 is 2.21 bits per heavy atom. The van der Waals surface area contributed by atoms with Crippen LogP contribution in [0.25, 0.3) is 11.8 Å². The molecular formula is C27H28N4O3. The highest BCUT2D eigenvalue weighted by Crippen LogP contribution is 2.25. The third-order valence-corrected chi connectivity index (χ3v) is 5.83. The highest BCUT2D eigenvalue weighted by Gasteiger charge is 2.35. The maximum absolute atomic E-state index is 12.9. The van der Waals surface area contributed by atoms with Crippen LogP contribution in [0.4, 0.5) is 10.5 Å². The van der Waals surface area contributed by atoms with E-state index in [1.54, 1.807) is 18.2 Å². The number of imide groups is 1. The van der Waals surface area contributed by atoms with Crippen molar-refractivity contribution < 1.29 is 14.4 Å². The SMILES string of the molecule is Cc1ccc(NC(=O)CN2C(=O)N/C(=C/c3cc(C)n(-c4cc(C)cc(C)c4)c3C)C2=O)cc1. The van der Waals surface area contributed by atoms with Crippen molar-refractivity contribution >= 4 is 29.6 Å². The quantitative estimate of drug-likeness (QED) is 0.436. The van der Waals surface area contributed by atoms with E-state index in [1.807, 2.05) is 39.0 Å². The molecule has 0 atom stereocenters. The van der Waals surface area contributed by atoms with Gasteiger partial charge in [-0.2, -0.15) is 0 Å². The van der Waals surface area contributed by atoms with E-state index < -0.39 is 17.8 Å². The number of benzene rings is 2. The molecule has 1 aliphatic rings. The molecule has 174 valence electrons. The first-order valence-electron chi connectivity index (χ1n) is 11.1. The standard InChI is InChI=1S/C27H28N4O3/c1-16-6-8-22(9-7-16)28-25(32)15-30-26(33)24(29-27(30)34)14-21-13-19(4)31(20(21)5)23-11-17(2)10-18(3)12-23/h6-14H,15H2,1-5H3,(H,28,32)(H,29,34)/b24-14+. The van der Waals surface area contributed by atoms with Gasteiger partial charge < -0.3 is 15.2 Å². The molecule has 0 unspecified atom stereocenters. The Morgan fingerprint density at radius 1 is 0.912 bits per heavy atom. The zero-order valence-electron chi connectivity index (χ0n) is 20.0. The fourth-order valence-electron chi connectivity index (χ4n) is 4.26. The van der Waals surface area contributed by atoms with E-state index in [9.17, 15) is 14.4 Å². The lowest BCUT2D eigenvalue weighted by molar-refractivity contribution is -0.127. The highest BCUT2D eigenvalue weighted by molar-refractivity contribution is 6.16. The molecule has 0 spiro atoms. The molecule has 7 nitrogen and oxygen atoms in total. The van der Waals surface area contributed by atoms with E-state index in [0.717, 1.165) is 33.1 Å². The van der Waals surface area contributed by atoms with Crippen LogP contribution in [0.1, 0.15) is 33.6 Å². The van der Waals surface area contributed by atoms with Crippen molar-refractivity contribution in [3.8, 4) is 5.69 Å². The average Bonchev–Trinajstić information content (AvgIpc) is 3.18. The number of carbonyl (C=O) groups excluding carboxylic acids is 3. The number of anilines is 1. The number of hydrogen-bond acceptors (Lipinski definition) is 3. The van der Waals surface area contributed by atoms with Crippen LogP contribution in [0.2, 0.25) is 0 Å². The minimum atomic E-state index is -0.613. The summed E-state index contributed by atoms with van der Waals surface area (Å²) in [7, 11) is 0. The largest absolute Gasteiger partial charge is 0.329 e. The van der Waals surface area contributed by atoms with Gasteiger partial charge in [0, 0.05) is 22.8 Å². The summed E-state index contributed by atoms with van der Waals surface area (Å²) in [5.41, 5.74) is 8.00. The summed E-state index contributed by atoms with van der Waals surface area (Å²) in [6, 6.07) is 15.0. The molecule has 1 aliphatic heterocycles. The van der Waals surface area contributed by atoms with Crippen LogP contribution in [0.3, 0.4) is 0 Å². The van der Waals surface area contributed by atoms with E-state index in [4.69, 9.17) is 0 Å². The molecule has 1 aromatic heterocycles. The first kappa shape index (κ1) is 23.0. The summed E-state index contributed by atoms with van der Waals surface area (Å²) in [6.07, 6.45) is 1.67. The molecule has 34 heavy (non-hydrogen) atoms. The van der Waals surface area contributed by atoms with Gasteiger partial charge in [0.1, 0.15) is 12.2 Å². The van der Waals surface area contributed by atoms with Crippen molar-refractivity contribution in [2.45, 2.75) is 34.6 Å². The van der Waals surface area contributed by atoms with E-state index in [1.165, 1.54) is 11.1 Å². The lowest BCUT2D eigenvalue weighted by Crippen LogP contribution is -2.38. The molecule has 4 rings (SSSR count). The van der Waals surface area contributed by atoms with Crippen molar-refractivity contribution in [1.29, 1.82) is 0 Å². The van der Waals surface area contributed by atoms with Crippen LogP contribution in [-0.2, 0) is 9.59 Å². The second-order valence-corrected chi connectivity index (χ2v) is 8.80. The lowest BCUT2D eigenvalue weighted by atomic mass is 10.1. The summed E-state index contributed by atoms with van der Waals surface area (Å²) in [6.45, 7) is 9.69. The van der Waals surface area contributed by atoms with Gasteiger partial charge in [-0.1, -0.05) is 23.8 Å². The Balaban J connectivity index is 1.54. The Morgan fingerprint density at radius 2 is 1.56 bits per heavy atom. The van der Waals surface area contributed by atoms with Crippen molar-refractivity contribution in [3.05, 3.63) is 87.9 Å². The van der Waals surface area contributed by atoms with Crippen LogP contribution >= 0.6 is 0 Å². The molecule has 1 fully saturated rings. The summed E-state index contributed by atoms with van der Waals surface area (Å²) in [5.74, 6) is -0.971. The van der Waals surface area contributed by atoms with Gasteiger partial charge in [0.2, 0.25) is 5.91 Å². The third kappa shape index (κ3) is 4.64. The van der Waals surface area contributed by atoms with E-state index >= 15 is 0 Å². The maximum Gasteiger partial charge on any atom is 0.329 e. The number of aromatic nitrogens is 1. The molecule has 0 saturated carbocycles. The molecule has 2 N–H and O–H groups in total. The molecule has 0 bridgehead atoms. The van der Waals surface area contributed by atoms with Gasteiger partial charge >= 0.3 is 6.03 Å². The van der Waals surface area contributed by atoms with E-state index in [-0.39, 0.29) is 12.2 Å². The first-order chi connectivity index (χ1) is 16.1. The smallest absolute Gasteiger partial charge is 0.325 e. The van der Waals surface area contributed by atoms with Crippen LogP contribution < -0.4 is 10.6 Å². The number of hydrogen-bond donors (Lipinski definition) is 2. The van der Waals surface area contributed by atoms with Crippen LogP contribution in [0, 0.1) is 34.6 Å². The van der Waals surface area contributed by atoms with Crippen molar-refractivity contribution in [2.24, 2.45) is 0 Å². The molecule has 0 radical (unpaired) electrons. The minimum absolute atomic E-state index is 0.147. The lowest BCUT2D eigenvalue weighted by Gasteiger charge is -2.12. The highest BCUT2D eigenvalue weighted by atomic mass is 16.2. The Kier molecular flexibility index (Phi) is 6.11. The van der Waals surface area contributed by atoms with Gasteiger partial charge in [-0.25, -0.2) is 9.69 Å². The Hall–Kier alpha value is -4.13. The van der Waals surface area contributed by atoms with Crippen molar-refractivity contribution in [3.63, 3.8) is 0 Å². The topological polar surface area (TPSA) is 83.4 Å². The molecule has 2 aromatic carbocycles. The molecule has 7 heteroatoms. The molecular weight excluding hydrogens is 428 g/mol. The summed E-state index contributed by atoms with van der Waals surface area (Å²) in [5, 5.41) is 5.32. The zero-order valence-corrected chi connectivity index (χ0v) is 20.0. The number of aryl methyl sites for hydroxylation is 4. The van der Waals surface area contributed by atoms with Gasteiger partial charge in [-0.05, 0) is 87.7 Å². The Bertz CT molecular complexity index is 1310. The first-order valence-corrected chi connectivity index (χ1v) is 11.1. The number of nitrogens with zero attached hydrogens (tertiary/aromatic N) is 2. The number of amides is 4. The summed E-state index contributed by atoms with van der Waals surface area (Å²) < 4.78 is 2.13. The molecule has 0 aliphatic carbocycles. The van der Waals surface area contributed by atoms with Crippen molar-refractivity contribution in [1.82, 2.24) is 14.8 Å². The number of urea groups is 1. The zero-order chi connectivity index (χ0) is 24.6. The number of carbonyl (C=O) groups is 3. The van der Waals surface area contributed by atoms with E-state index in [2.05, 4.69) is 47.2 Å². The molecule has 3 aromatic rings. The van der Waals surface area contributed by atoms with Gasteiger partial charge in [0.25, 0.3) is 5.91 Å². The second-order valence-electron chi connectivity index (χ2n) is 8.80. The van der Waals surface area contributed by atoms with Gasteiger partial charge in [-0.3, -0.25) is 9.59 Å². The predicted molar refractivity (Wildman–Crippen MR) is 133 cm³/mol. The van der Waals surface area contributed by atoms with Crippen LogP contribution in [0.5, 0.6) is 0 Å². The number of rotatable bonds is 5. The van der Waals surface area contributed by atoms with E-state index in [0.29, 0.717) is 5.69 Å². The summed E-state index contributed by atoms with van der Waals surface area (Å²) in [4.78, 5) is 38.7. The molecule has 1 saturated heterocycles. The third-order valence-electron chi connectivity index (χ3n) is 5.83. The molecule has 2 heterocycles. The normalized spacial score (nSPS) is 14.6. The van der Waals surface area contributed by atoms with Gasteiger partial charge in [0.15, 0.2) is 0 Å². The minimum Gasteiger partial charge on any atom is -0.325 e. The summed E-state index contributed by atoms with van der Waals surface area (Å²) >= 11 is 0. The predicted octanol–water partition coefficient (Wildman–Crippen LogP) is 4.55. The second kappa shape index (κ2) is 9.02. The maximum atomic E-state index is 12.9. The monoisotopic (exact) mass is 456 g/mol. The Labute approximate surface area is 199 Å². The number of nitrogens with one attached hydrogen (secondary N) is 2.